The minimum atomic E-state index is -0.392. The molecule has 82 valence electrons. The minimum Gasteiger partial charge on any atom is -0.467 e. The van der Waals surface area contributed by atoms with Gasteiger partial charge in [-0.1, -0.05) is 17.7 Å². The monoisotopic (exact) mass is 209 g/mol. The van der Waals surface area contributed by atoms with Gasteiger partial charge in [-0.25, -0.2) is 0 Å². The largest absolute Gasteiger partial charge is 0.467 e. The van der Waals surface area contributed by atoms with Gasteiger partial charge in [-0.05, 0) is 6.92 Å². The van der Waals surface area contributed by atoms with Crippen molar-refractivity contribution in [3.63, 3.8) is 0 Å². The lowest BCUT2D eigenvalue weighted by Crippen LogP contribution is -2.20. The summed E-state index contributed by atoms with van der Waals surface area (Å²) in [5, 5.41) is 9.07. The quantitative estimate of drug-likeness (QED) is 0.758. The zero-order valence-electron chi connectivity index (χ0n) is 8.69. The van der Waals surface area contributed by atoms with Gasteiger partial charge in [0.15, 0.2) is 6.79 Å². The van der Waals surface area contributed by atoms with Crippen molar-refractivity contribution in [3.05, 3.63) is 28.8 Å². The standard InChI is InChI=1S/C11H15NO3/c1-7-2-8-5-14-6-15-11(8)9(3-7)10(12)4-13/h2-3,10,13H,4-6,12H2,1H3. The summed E-state index contributed by atoms with van der Waals surface area (Å²) in [6.45, 7) is 2.70. The third kappa shape index (κ3) is 1.97. The maximum Gasteiger partial charge on any atom is 0.189 e. The van der Waals surface area contributed by atoms with Crippen molar-refractivity contribution >= 4 is 0 Å². The first-order chi connectivity index (χ1) is 7.22. The molecule has 4 heteroatoms. The van der Waals surface area contributed by atoms with Gasteiger partial charge >= 0.3 is 0 Å². The lowest BCUT2D eigenvalue weighted by Gasteiger charge is -2.23. The molecule has 0 saturated heterocycles. The molecule has 0 radical (unpaired) electrons. The number of benzene rings is 1. The van der Waals surface area contributed by atoms with Crippen molar-refractivity contribution in [2.75, 3.05) is 13.4 Å². The highest BCUT2D eigenvalue weighted by Gasteiger charge is 2.19. The number of nitrogens with two attached hydrogens (primary N) is 1. The average Bonchev–Trinajstić information content (AvgIpc) is 2.26. The molecular formula is C11H15NO3. The van der Waals surface area contributed by atoms with Crippen LogP contribution in [0.25, 0.3) is 0 Å². The van der Waals surface area contributed by atoms with E-state index in [0.29, 0.717) is 6.61 Å². The van der Waals surface area contributed by atoms with E-state index in [2.05, 4.69) is 0 Å². The number of ether oxygens (including phenoxy) is 2. The Morgan fingerprint density at radius 3 is 3.07 bits per heavy atom. The van der Waals surface area contributed by atoms with Crippen LogP contribution in [-0.2, 0) is 11.3 Å². The van der Waals surface area contributed by atoms with Gasteiger partial charge < -0.3 is 20.3 Å². The predicted molar refractivity (Wildman–Crippen MR) is 55.5 cm³/mol. The van der Waals surface area contributed by atoms with Crippen LogP contribution in [-0.4, -0.2) is 18.5 Å². The lowest BCUT2D eigenvalue weighted by molar-refractivity contribution is -0.0174. The molecule has 3 N–H and O–H groups in total. The van der Waals surface area contributed by atoms with E-state index in [4.69, 9.17) is 20.3 Å². The molecule has 2 rings (SSSR count). The summed E-state index contributed by atoms with van der Waals surface area (Å²) in [5.74, 6) is 0.772. The van der Waals surface area contributed by atoms with Crippen molar-refractivity contribution in [3.8, 4) is 5.75 Å². The molecule has 0 spiro atoms. The highest BCUT2D eigenvalue weighted by Crippen LogP contribution is 2.32. The van der Waals surface area contributed by atoms with Gasteiger partial charge in [0, 0.05) is 11.1 Å². The van der Waals surface area contributed by atoms with Gasteiger partial charge in [-0.2, -0.15) is 0 Å². The molecule has 0 fully saturated rings. The molecule has 1 aromatic carbocycles. The number of aryl methyl sites for hydroxylation is 1. The summed E-state index contributed by atoms with van der Waals surface area (Å²) < 4.78 is 10.6. The van der Waals surface area contributed by atoms with Gasteiger partial charge in [0.2, 0.25) is 0 Å². The summed E-state index contributed by atoms with van der Waals surface area (Å²) >= 11 is 0. The first kappa shape index (κ1) is 10.4. The topological polar surface area (TPSA) is 64.7 Å². The first-order valence-corrected chi connectivity index (χ1v) is 4.92. The number of hydrogen-bond donors (Lipinski definition) is 2. The molecule has 1 unspecified atom stereocenters. The van der Waals surface area contributed by atoms with Gasteiger partial charge in [0.1, 0.15) is 5.75 Å². The van der Waals surface area contributed by atoms with E-state index in [1.165, 1.54) is 0 Å². The molecule has 1 aliphatic heterocycles. The third-order valence-electron chi connectivity index (χ3n) is 2.48. The third-order valence-corrected chi connectivity index (χ3v) is 2.48. The summed E-state index contributed by atoms with van der Waals surface area (Å²) in [4.78, 5) is 0. The van der Waals surface area contributed by atoms with Crippen LogP contribution in [0, 0.1) is 6.92 Å². The first-order valence-electron chi connectivity index (χ1n) is 4.92. The summed E-state index contributed by atoms with van der Waals surface area (Å²) in [5.41, 5.74) is 8.77. The van der Waals surface area contributed by atoms with Crippen LogP contribution >= 0.6 is 0 Å². The van der Waals surface area contributed by atoms with Crippen molar-refractivity contribution < 1.29 is 14.6 Å². The molecular weight excluding hydrogens is 194 g/mol. The molecule has 1 aliphatic rings. The van der Waals surface area contributed by atoms with Crippen LogP contribution in [0.3, 0.4) is 0 Å². The Kier molecular flexibility index (Phi) is 2.90. The highest BCUT2D eigenvalue weighted by atomic mass is 16.7. The van der Waals surface area contributed by atoms with Crippen molar-refractivity contribution in [1.29, 1.82) is 0 Å². The number of fused-ring (bicyclic) bond motifs is 1. The van der Waals surface area contributed by atoms with E-state index in [1.54, 1.807) is 0 Å². The van der Waals surface area contributed by atoms with Gasteiger partial charge in [0.05, 0.1) is 19.3 Å². The number of aliphatic hydroxyl groups excluding tert-OH is 1. The normalized spacial score (nSPS) is 16.7. The Labute approximate surface area is 88.6 Å². The van der Waals surface area contributed by atoms with Crippen molar-refractivity contribution in [2.24, 2.45) is 5.73 Å². The SMILES string of the molecule is Cc1cc2c(c(C(N)CO)c1)OCOC2. The van der Waals surface area contributed by atoms with E-state index in [0.717, 1.165) is 22.4 Å². The predicted octanol–water partition coefficient (Wildman–Crippen LogP) is 0.854. The molecule has 1 atom stereocenters. The van der Waals surface area contributed by atoms with E-state index in [9.17, 15) is 0 Å². The lowest BCUT2D eigenvalue weighted by atomic mass is 10.00. The van der Waals surface area contributed by atoms with Gasteiger partial charge in [-0.3, -0.25) is 0 Å². The van der Waals surface area contributed by atoms with Crippen LogP contribution in [0.2, 0.25) is 0 Å². The van der Waals surface area contributed by atoms with Gasteiger partial charge in [0.25, 0.3) is 0 Å². The zero-order chi connectivity index (χ0) is 10.8. The Bertz CT molecular complexity index is 365. The van der Waals surface area contributed by atoms with Crippen molar-refractivity contribution in [2.45, 2.75) is 19.6 Å². The fourth-order valence-corrected chi connectivity index (χ4v) is 1.79. The second kappa shape index (κ2) is 4.18. The molecule has 0 bridgehead atoms. The molecule has 0 aliphatic carbocycles. The van der Waals surface area contributed by atoms with Crippen LogP contribution in [0.15, 0.2) is 12.1 Å². The fraction of sp³-hybridized carbons (Fsp3) is 0.455. The number of rotatable bonds is 2. The number of hydrogen-bond acceptors (Lipinski definition) is 4. The maximum atomic E-state index is 9.07. The van der Waals surface area contributed by atoms with E-state index >= 15 is 0 Å². The molecule has 0 amide bonds. The summed E-state index contributed by atoms with van der Waals surface area (Å²) in [7, 11) is 0. The second-order valence-corrected chi connectivity index (χ2v) is 3.74. The minimum absolute atomic E-state index is 0.0832. The molecule has 4 nitrogen and oxygen atoms in total. The van der Waals surface area contributed by atoms with E-state index < -0.39 is 6.04 Å². The summed E-state index contributed by atoms with van der Waals surface area (Å²) in [6, 6.07) is 3.57. The van der Waals surface area contributed by atoms with E-state index in [-0.39, 0.29) is 13.4 Å². The van der Waals surface area contributed by atoms with E-state index in [1.807, 2.05) is 19.1 Å². The van der Waals surface area contributed by atoms with Crippen LogP contribution in [0.5, 0.6) is 5.75 Å². The Balaban J connectivity index is 2.47. The smallest absolute Gasteiger partial charge is 0.189 e. The maximum absolute atomic E-state index is 9.07. The zero-order valence-corrected chi connectivity index (χ0v) is 8.69. The molecule has 1 aromatic rings. The fourth-order valence-electron chi connectivity index (χ4n) is 1.79. The molecule has 0 aromatic heterocycles. The molecule has 0 saturated carbocycles. The Morgan fingerprint density at radius 1 is 1.53 bits per heavy atom. The molecule has 15 heavy (non-hydrogen) atoms. The number of aliphatic hydroxyl groups is 1. The summed E-state index contributed by atoms with van der Waals surface area (Å²) in [6.07, 6.45) is 0. The van der Waals surface area contributed by atoms with Crippen LogP contribution in [0.1, 0.15) is 22.7 Å². The van der Waals surface area contributed by atoms with Crippen LogP contribution < -0.4 is 10.5 Å². The second-order valence-electron chi connectivity index (χ2n) is 3.74. The van der Waals surface area contributed by atoms with Crippen LogP contribution in [0.4, 0.5) is 0 Å². The highest BCUT2D eigenvalue weighted by molar-refractivity contribution is 5.46. The Hall–Kier alpha value is -1.10. The molecule has 1 heterocycles. The average molecular weight is 209 g/mol. The Morgan fingerprint density at radius 2 is 2.33 bits per heavy atom. The van der Waals surface area contributed by atoms with Crippen molar-refractivity contribution in [1.82, 2.24) is 0 Å². The van der Waals surface area contributed by atoms with Gasteiger partial charge in [-0.15, -0.1) is 0 Å².